The Morgan fingerprint density at radius 2 is 1.30 bits per heavy atom. The molecule has 7 nitrogen and oxygen atoms in total. The van der Waals surface area contributed by atoms with Crippen LogP contribution in [0.3, 0.4) is 0 Å². The Balaban J connectivity index is 3.46. The average molecular weight is 390 g/mol. The molecule has 160 valence electrons. The summed E-state index contributed by atoms with van der Waals surface area (Å²) in [7, 11) is 1.75. The van der Waals surface area contributed by atoms with Crippen LogP contribution in [0.4, 0.5) is 4.79 Å². The summed E-state index contributed by atoms with van der Waals surface area (Å²) in [6.07, 6.45) is 2.78. The molecule has 0 heterocycles. The third-order valence-corrected chi connectivity index (χ3v) is 3.23. The van der Waals surface area contributed by atoms with Crippen LogP contribution in [0, 0.1) is 0 Å². The Hall–Kier alpha value is -1.34. The quantitative estimate of drug-likeness (QED) is 0.373. The van der Waals surface area contributed by atoms with Crippen LogP contribution in [0.25, 0.3) is 0 Å². The van der Waals surface area contributed by atoms with Crippen LogP contribution in [0.5, 0.6) is 0 Å². The first-order valence-corrected chi connectivity index (χ1v) is 9.72. The van der Waals surface area contributed by atoms with E-state index in [-0.39, 0.29) is 18.5 Å². The summed E-state index contributed by atoms with van der Waals surface area (Å²) >= 11 is 0. The van der Waals surface area contributed by atoms with Gasteiger partial charge in [0.25, 0.3) is 0 Å². The predicted octanol–water partition coefficient (Wildman–Crippen LogP) is 3.79. The fraction of sp³-hybridized carbons (Fsp3) is 0.900. The lowest BCUT2D eigenvalue weighted by Gasteiger charge is -2.24. The molecule has 0 aromatic rings. The molecule has 0 fully saturated rings. The van der Waals surface area contributed by atoms with Crippen LogP contribution >= 0.6 is 0 Å². The summed E-state index contributed by atoms with van der Waals surface area (Å²) in [4.78, 5) is 24.9. The van der Waals surface area contributed by atoms with Crippen molar-refractivity contribution in [3.8, 4) is 0 Å². The van der Waals surface area contributed by atoms with E-state index in [0.29, 0.717) is 33.0 Å². The van der Waals surface area contributed by atoms with Gasteiger partial charge < -0.3 is 23.8 Å². The van der Waals surface area contributed by atoms with Crippen molar-refractivity contribution < 1.29 is 28.5 Å². The second-order valence-corrected chi connectivity index (χ2v) is 8.52. The molecule has 0 spiro atoms. The van der Waals surface area contributed by atoms with Crippen LogP contribution in [-0.4, -0.2) is 68.2 Å². The van der Waals surface area contributed by atoms with E-state index < -0.39 is 11.2 Å². The van der Waals surface area contributed by atoms with Gasteiger partial charge in [0.15, 0.2) is 0 Å². The number of ether oxygens (including phenoxy) is 4. The van der Waals surface area contributed by atoms with Crippen LogP contribution in [0.15, 0.2) is 0 Å². The van der Waals surface area contributed by atoms with Crippen LogP contribution < -0.4 is 0 Å². The summed E-state index contributed by atoms with van der Waals surface area (Å²) in [5.41, 5.74) is -0.921. The molecule has 1 amide bonds. The number of amides is 1. The second kappa shape index (κ2) is 12.9. The number of hydrogen-bond acceptors (Lipinski definition) is 6. The van der Waals surface area contributed by atoms with Crippen LogP contribution in [0.1, 0.15) is 67.2 Å². The first-order chi connectivity index (χ1) is 12.4. The fourth-order valence-corrected chi connectivity index (χ4v) is 2.03. The van der Waals surface area contributed by atoms with Gasteiger partial charge >= 0.3 is 12.1 Å². The minimum Gasteiger partial charge on any atom is -0.460 e. The molecule has 0 aromatic carbocycles. The van der Waals surface area contributed by atoms with Gasteiger partial charge in [-0.25, -0.2) is 4.79 Å². The third kappa shape index (κ3) is 17.8. The molecule has 0 aromatic heterocycles. The van der Waals surface area contributed by atoms with Gasteiger partial charge in [0.1, 0.15) is 11.2 Å². The Morgan fingerprint density at radius 3 is 1.85 bits per heavy atom. The van der Waals surface area contributed by atoms with E-state index in [2.05, 4.69) is 0 Å². The van der Waals surface area contributed by atoms with E-state index in [1.807, 2.05) is 41.5 Å². The molecule has 0 radical (unpaired) electrons. The topological polar surface area (TPSA) is 74.3 Å². The fourth-order valence-electron chi connectivity index (χ4n) is 2.03. The van der Waals surface area contributed by atoms with E-state index in [1.54, 1.807) is 11.9 Å². The van der Waals surface area contributed by atoms with E-state index in [4.69, 9.17) is 18.9 Å². The molecule has 0 aliphatic heterocycles. The Morgan fingerprint density at radius 1 is 0.741 bits per heavy atom. The van der Waals surface area contributed by atoms with Crippen LogP contribution in [-0.2, 0) is 23.7 Å². The van der Waals surface area contributed by atoms with Gasteiger partial charge in [-0.1, -0.05) is 0 Å². The summed E-state index contributed by atoms with van der Waals surface area (Å²) in [5, 5.41) is 0. The van der Waals surface area contributed by atoms with Gasteiger partial charge in [0, 0.05) is 20.2 Å². The SMILES string of the molecule is CN(CCCCCOCCOCCC(=O)OC(C)(C)C)C(=O)OC(C)(C)C. The van der Waals surface area contributed by atoms with Gasteiger partial charge in [-0.3, -0.25) is 4.79 Å². The Labute approximate surface area is 164 Å². The van der Waals surface area contributed by atoms with Crippen molar-refractivity contribution >= 4 is 12.1 Å². The molecule has 0 bridgehead atoms. The molecule has 0 saturated heterocycles. The Kier molecular flexibility index (Phi) is 12.3. The highest BCUT2D eigenvalue weighted by Crippen LogP contribution is 2.10. The van der Waals surface area contributed by atoms with Crippen molar-refractivity contribution in [1.82, 2.24) is 4.90 Å². The van der Waals surface area contributed by atoms with Gasteiger partial charge in [-0.2, -0.15) is 0 Å². The molecular weight excluding hydrogens is 350 g/mol. The van der Waals surface area contributed by atoms with E-state index in [0.717, 1.165) is 19.3 Å². The minimum atomic E-state index is -0.464. The maximum Gasteiger partial charge on any atom is 0.410 e. The zero-order valence-corrected chi connectivity index (χ0v) is 18.3. The summed E-state index contributed by atoms with van der Waals surface area (Å²) < 4.78 is 21.3. The molecule has 0 atom stereocenters. The van der Waals surface area contributed by atoms with Crippen molar-refractivity contribution in [1.29, 1.82) is 0 Å². The number of carbonyl (C=O) groups is 2. The maximum atomic E-state index is 11.8. The highest BCUT2D eigenvalue weighted by Gasteiger charge is 2.19. The molecule has 0 unspecified atom stereocenters. The van der Waals surface area contributed by atoms with E-state index in [9.17, 15) is 9.59 Å². The molecule has 0 aliphatic rings. The smallest absolute Gasteiger partial charge is 0.410 e. The highest BCUT2D eigenvalue weighted by molar-refractivity contribution is 5.69. The number of carbonyl (C=O) groups excluding carboxylic acids is 2. The number of nitrogens with zero attached hydrogens (tertiary/aromatic N) is 1. The first-order valence-electron chi connectivity index (χ1n) is 9.72. The zero-order chi connectivity index (χ0) is 20.9. The molecular formula is C20H39NO6. The zero-order valence-electron chi connectivity index (χ0n) is 18.3. The largest absolute Gasteiger partial charge is 0.460 e. The van der Waals surface area contributed by atoms with Crippen molar-refractivity contribution in [3.63, 3.8) is 0 Å². The molecule has 0 N–H and O–H groups in total. The van der Waals surface area contributed by atoms with Crippen molar-refractivity contribution in [2.75, 3.05) is 40.0 Å². The second-order valence-electron chi connectivity index (χ2n) is 8.52. The summed E-state index contributed by atoms with van der Waals surface area (Å²) in [6.45, 7) is 13.7. The standard InChI is InChI=1S/C20H39NO6/c1-19(2,3)26-17(22)11-14-25-16-15-24-13-10-8-9-12-21(7)18(23)27-20(4,5)6/h8-16H2,1-7H3. The van der Waals surface area contributed by atoms with Gasteiger partial charge in [-0.05, 0) is 60.8 Å². The molecule has 7 heteroatoms. The lowest BCUT2D eigenvalue weighted by Crippen LogP contribution is -2.34. The first kappa shape index (κ1) is 25.7. The van der Waals surface area contributed by atoms with Crippen molar-refractivity contribution in [3.05, 3.63) is 0 Å². The van der Waals surface area contributed by atoms with Gasteiger partial charge in [0.05, 0.1) is 26.2 Å². The van der Waals surface area contributed by atoms with Crippen molar-refractivity contribution in [2.45, 2.75) is 78.4 Å². The number of hydrogen-bond donors (Lipinski definition) is 0. The summed E-state index contributed by atoms with van der Waals surface area (Å²) in [5.74, 6) is -0.250. The predicted molar refractivity (Wildman–Crippen MR) is 105 cm³/mol. The average Bonchev–Trinajstić information content (AvgIpc) is 2.48. The maximum absolute atomic E-state index is 11.8. The molecule has 0 aliphatic carbocycles. The lowest BCUT2D eigenvalue weighted by atomic mass is 10.2. The summed E-state index contributed by atoms with van der Waals surface area (Å²) in [6, 6.07) is 0. The third-order valence-electron chi connectivity index (χ3n) is 3.23. The van der Waals surface area contributed by atoms with E-state index in [1.165, 1.54) is 0 Å². The monoisotopic (exact) mass is 389 g/mol. The van der Waals surface area contributed by atoms with E-state index >= 15 is 0 Å². The Bertz CT molecular complexity index is 425. The van der Waals surface area contributed by atoms with Gasteiger partial charge in [-0.15, -0.1) is 0 Å². The number of unbranched alkanes of at least 4 members (excludes halogenated alkanes) is 2. The van der Waals surface area contributed by atoms with Crippen molar-refractivity contribution in [2.24, 2.45) is 0 Å². The molecule has 27 heavy (non-hydrogen) atoms. The minimum absolute atomic E-state index is 0.250. The molecule has 0 saturated carbocycles. The highest BCUT2D eigenvalue weighted by atomic mass is 16.6. The number of esters is 1. The molecule has 0 rings (SSSR count). The number of rotatable bonds is 12. The van der Waals surface area contributed by atoms with Gasteiger partial charge in [0.2, 0.25) is 0 Å². The lowest BCUT2D eigenvalue weighted by molar-refractivity contribution is -0.156. The van der Waals surface area contributed by atoms with Crippen LogP contribution in [0.2, 0.25) is 0 Å². The normalized spacial score (nSPS) is 12.0.